The third kappa shape index (κ3) is 3.67. The van der Waals surface area contributed by atoms with Gasteiger partial charge in [0.25, 0.3) is 0 Å². The number of benzene rings is 1. The van der Waals surface area contributed by atoms with Gasteiger partial charge in [0.2, 0.25) is 11.8 Å². The van der Waals surface area contributed by atoms with Gasteiger partial charge < -0.3 is 10.2 Å². The van der Waals surface area contributed by atoms with Crippen LogP contribution in [0.2, 0.25) is 0 Å². The Morgan fingerprint density at radius 2 is 2.22 bits per heavy atom. The molecular weight excluding hydrogens is 344 g/mol. The Labute approximate surface area is 138 Å². The average molecular weight is 355 g/mol. The fourth-order valence-electron chi connectivity index (χ4n) is 2.02. The molecule has 9 heteroatoms. The molecule has 1 fully saturated rings. The van der Waals surface area contributed by atoms with Crippen molar-refractivity contribution in [2.24, 2.45) is 0 Å². The maximum absolute atomic E-state index is 13.7. The van der Waals surface area contributed by atoms with Crippen LogP contribution in [0.25, 0.3) is 11.3 Å². The Bertz CT molecular complexity index is 766. The Morgan fingerprint density at radius 3 is 2.96 bits per heavy atom. The first-order chi connectivity index (χ1) is 11.0. The van der Waals surface area contributed by atoms with Crippen molar-refractivity contribution >= 4 is 40.0 Å². The molecule has 2 aromatic rings. The van der Waals surface area contributed by atoms with E-state index < -0.39 is 11.6 Å². The number of nitrogens with zero attached hydrogens (tertiary/aromatic N) is 2. The van der Waals surface area contributed by atoms with E-state index in [2.05, 4.69) is 10.3 Å². The molecule has 0 radical (unpaired) electrons. The minimum Gasteiger partial charge on any atom is -0.323 e. The lowest BCUT2D eigenvalue weighted by molar-refractivity contribution is -0.130. The van der Waals surface area contributed by atoms with Gasteiger partial charge in [-0.25, -0.2) is 13.8 Å². The van der Waals surface area contributed by atoms with E-state index in [0.29, 0.717) is 11.6 Å². The first kappa shape index (κ1) is 15.9. The van der Waals surface area contributed by atoms with Crippen molar-refractivity contribution in [1.82, 2.24) is 9.88 Å². The second-order valence-electron chi connectivity index (χ2n) is 4.78. The fourth-order valence-corrected chi connectivity index (χ4v) is 3.65. The highest BCUT2D eigenvalue weighted by Crippen LogP contribution is 2.27. The van der Waals surface area contributed by atoms with E-state index in [1.165, 1.54) is 22.0 Å². The van der Waals surface area contributed by atoms with Gasteiger partial charge in [-0.15, -0.1) is 23.1 Å². The number of rotatable bonds is 4. The van der Waals surface area contributed by atoms with Crippen molar-refractivity contribution in [3.63, 3.8) is 0 Å². The number of amides is 2. The summed E-state index contributed by atoms with van der Waals surface area (Å²) in [7, 11) is 0. The second-order valence-corrected chi connectivity index (χ2v) is 6.59. The Kier molecular flexibility index (Phi) is 4.58. The highest BCUT2D eigenvalue weighted by atomic mass is 32.2. The summed E-state index contributed by atoms with van der Waals surface area (Å²) in [4.78, 5) is 28.9. The van der Waals surface area contributed by atoms with Crippen LogP contribution in [-0.2, 0) is 9.59 Å². The number of thiazole rings is 1. The number of thioether (sulfide) groups is 1. The summed E-state index contributed by atoms with van der Waals surface area (Å²) >= 11 is 2.55. The molecule has 1 saturated heterocycles. The van der Waals surface area contributed by atoms with Crippen LogP contribution in [0.4, 0.5) is 13.9 Å². The lowest BCUT2D eigenvalue weighted by atomic mass is 10.1. The quantitative estimate of drug-likeness (QED) is 0.916. The molecular formula is C14H11F2N3O2S2. The minimum absolute atomic E-state index is 0.0351. The normalized spacial score (nSPS) is 14.3. The molecule has 2 amide bonds. The smallest absolute Gasteiger partial charge is 0.245 e. The minimum atomic E-state index is -0.589. The summed E-state index contributed by atoms with van der Waals surface area (Å²) in [6.45, 7) is -0.0466. The number of halogens is 2. The van der Waals surface area contributed by atoms with Crippen molar-refractivity contribution in [1.29, 1.82) is 0 Å². The Hall–Kier alpha value is -2.00. The van der Waals surface area contributed by atoms with Crippen LogP contribution in [0, 0.1) is 11.6 Å². The molecule has 120 valence electrons. The maximum Gasteiger partial charge on any atom is 0.245 e. The molecule has 1 aromatic carbocycles. The summed E-state index contributed by atoms with van der Waals surface area (Å²) in [5.74, 6) is -0.732. The van der Waals surface area contributed by atoms with Crippen molar-refractivity contribution in [3.05, 3.63) is 35.2 Å². The summed E-state index contributed by atoms with van der Waals surface area (Å²) in [6, 6.07) is 3.11. The lowest BCUT2D eigenvalue weighted by Gasteiger charge is -2.13. The number of anilines is 1. The SMILES string of the molecule is O=C(CN1CSCC1=O)Nc1nc(-c2cc(F)ccc2F)cs1. The third-order valence-corrected chi connectivity index (χ3v) is 4.82. The zero-order chi connectivity index (χ0) is 16.4. The number of hydrogen-bond donors (Lipinski definition) is 1. The predicted molar refractivity (Wildman–Crippen MR) is 85.1 cm³/mol. The molecule has 0 aliphatic carbocycles. The molecule has 0 bridgehead atoms. The van der Waals surface area contributed by atoms with E-state index in [1.807, 2.05) is 0 Å². The zero-order valence-corrected chi connectivity index (χ0v) is 13.3. The van der Waals surface area contributed by atoms with Gasteiger partial charge in [-0.3, -0.25) is 9.59 Å². The molecule has 23 heavy (non-hydrogen) atoms. The van der Waals surface area contributed by atoms with Crippen LogP contribution in [0.1, 0.15) is 0 Å². The molecule has 1 aliphatic rings. The van der Waals surface area contributed by atoms with Crippen LogP contribution < -0.4 is 5.32 Å². The highest BCUT2D eigenvalue weighted by molar-refractivity contribution is 8.00. The van der Waals surface area contributed by atoms with Crippen LogP contribution in [0.3, 0.4) is 0 Å². The predicted octanol–water partition coefficient (Wildman–Crippen LogP) is 2.56. The molecule has 0 saturated carbocycles. The van der Waals surface area contributed by atoms with Gasteiger partial charge in [0.1, 0.15) is 18.2 Å². The Morgan fingerprint density at radius 1 is 1.39 bits per heavy atom. The summed E-state index contributed by atoms with van der Waals surface area (Å²) in [5, 5.41) is 4.37. The van der Waals surface area contributed by atoms with E-state index in [-0.39, 0.29) is 34.7 Å². The monoisotopic (exact) mass is 355 g/mol. The lowest BCUT2D eigenvalue weighted by Crippen LogP contribution is -2.34. The summed E-state index contributed by atoms with van der Waals surface area (Å²) in [6.07, 6.45) is 0. The van der Waals surface area contributed by atoms with Crippen LogP contribution in [0.5, 0.6) is 0 Å². The van der Waals surface area contributed by atoms with Crippen molar-refractivity contribution in [2.45, 2.75) is 0 Å². The molecule has 0 spiro atoms. The molecule has 1 aromatic heterocycles. The summed E-state index contributed by atoms with van der Waals surface area (Å²) < 4.78 is 26.9. The second kappa shape index (κ2) is 6.63. The largest absolute Gasteiger partial charge is 0.323 e. The third-order valence-electron chi connectivity index (χ3n) is 3.11. The van der Waals surface area contributed by atoms with Gasteiger partial charge in [-0.1, -0.05) is 0 Å². The maximum atomic E-state index is 13.7. The van der Waals surface area contributed by atoms with Gasteiger partial charge in [0, 0.05) is 10.9 Å². The number of carbonyl (C=O) groups is 2. The standard InChI is InChI=1S/C14H11F2N3O2S2/c15-8-1-2-10(16)9(3-8)11-5-23-14(17-11)18-12(20)4-19-7-22-6-13(19)21/h1-3,5H,4,6-7H2,(H,17,18,20). The number of hydrogen-bond acceptors (Lipinski definition) is 5. The van der Waals surface area contributed by atoms with Gasteiger partial charge in [0.15, 0.2) is 5.13 Å². The van der Waals surface area contributed by atoms with Crippen LogP contribution in [0.15, 0.2) is 23.6 Å². The van der Waals surface area contributed by atoms with E-state index in [0.717, 1.165) is 29.5 Å². The van der Waals surface area contributed by atoms with Crippen molar-refractivity contribution in [2.75, 3.05) is 23.5 Å². The molecule has 2 heterocycles. The Balaban J connectivity index is 1.68. The topological polar surface area (TPSA) is 62.3 Å². The highest BCUT2D eigenvalue weighted by Gasteiger charge is 2.23. The van der Waals surface area contributed by atoms with E-state index in [9.17, 15) is 18.4 Å². The van der Waals surface area contributed by atoms with E-state index in [4.69, 9.17) is 0 Å². The average Bonchev–Trinajstić information content (AvgIpc) is 3.12. The van der Waals surface area contributed by atoms with E-state index in [1.54, 1.807) is 0 Å². The van der Waals surface area contributed by atoms with Crippen LogP contribution in [-0.4, -0.2) is 39.9 Å². The van der Waals surface area contributed by atoms with Gasteiger partial charge in [-0.05, 0) is 18.2 Å². The molecule has 0 atom stereocenters. The number of carbonyl (C=O) groups excluding carboxylic acids is 2. The molecule has 1 N–H and O–H groups in total. The summed E-state index contributed by atoms with van der Waals surface area (Å²) in [5.41, 5.74) is 0.281. The zero-order valence-electron chi connectivity index (χ0n) is 11.7. The molecule has 5 nitrogen and oxygen atoms in total. The number of nitrogens with one attached hydrogen (secondary N) is 1. The van der Waals surface area contributed by atoms with Crippen molar-refractivity contribution < 1.29 is 18.4 Å². The van der Waals surface area contributed by atoms with Crippen LogP contribution >= 0.6 is 23.1 Å². The molecule has 1 aliphatic heterocycles. The number of aromatic nitrogens is 1. The van der Waals surface area contributed by atoms with Gasteiger partial charge in [0.05, 0.1) is 17.3 Å². The first-order valence-electron chi connectivity index (χ1n) is 6.59. The van der Waals surface area contributed by atoms with Crippen molar-refractivity contribution in [3.8, 4) is 11.3 Å². The fraction of sp³-hybridized carbons (Fsp3) is 0.214. The molecule has 0 unspecified atom stereocenters. The first-order valence-corrected chi connectivity index (χ1v) is 8.62. The van der Waals surface area contributed by atoms with Gasteiger partial charge >= 0.3 is 0 Å². The van der Waals surface area contributed by atoms with Gasteiger partial charge in [-0.2, -0.15) is 0 Å². The molecule has 3 rings (SSSR count). The van der Waals surface area contributed by atoms with E-state index >= 15 is 0 Å².